The number of phenols is 1. The van der Waals surface area contributed by atoms with Gasteiger partial charge in [0.25, 0.3) is 5.56 Å². The minimum Gasteiger partial charge on any atom is -0.508 e. The van der Waals surface area contributed by atoms with E-state index in [2.05, 4.69) is 4.98 Å². The van der Waals surface area contributed by atoms with Crippen LogP contribution in [-0.2, 0) is 28.3 Å². The molecule has 0 saturated heterocycles. The Hall–Kier alpha value is -3.23. The summed E-state index contributed by atoms with van der Waals surface area (Å²) in [5.41, 5.74) is 0.0569. The molecule has 3 N–H and O–H groups in total. The molecule has 0 saturated carbocycles. The van der Waals surface area contributed by atoms with Crippen molar-refractivity contribution in [3.05, 3.63) is 57.5 Å². The van der Waals surface area contributed by atoms with Crippen molar-refractivity contribution in [3.8, 4) is 17.0 Å². The summed E-state index contributed by atoms with van der Waals surface area (Å²) in [7, 11) is 0. The molecule has 0 aliphatic carbocycles. The number of benzene rings is 1. The van der Waals surface area contributed by atoms with Crippen molar-refractivity contribution >= 4 is 16.9 Å². The van der Waals surface area contributed by atoms with Crippen molar-refractivity contribution in [2.24, 2.45) is 0 Å². The number of pyridine rings is 2. The van der Waals surface area contributed by atoms with E-state index in [4.69, 9.17) is 4.74 Å². The van der Waals surface area contributed by atoms with Crippen molar-refractivity contribution in [2.45, 2.75) is 18.8 Å². The SMILES string of the molecule is O=C1OCc2c(cc3n(c2=O)Cc2nc4ccc(O)cc4cc2-3)C1(O)CO. The third-order valence-electron chi connectivity index (χ3n) is 5.22. The Morgan fingerprint density at radius 2 is 2.04 bits per heavy atom. The van der Waals surface area contributed by atoms with Crippen LogP contribution in [0, 0.1) is 0 Å². The smallest absolute Gasteiger partial charge is 0.345 e. The van der Waals surface area contributed by atoms with Gasteiger partial charge in [-0.3, -0.25) is 9.78 Å². The first-order valence-corrected chi connectivity index (χ1v) is 8.33. The first-order valence-electron chi connectivity index (χ1n) is 8.33. The van der Waals surface area contributed by atoms with Crippen LogP contribution in [0.25, 0.3) is 22.2 Å². The second-order valence-electron chi connectivity index (χ2n) is 6.77. The molecule has 5 rings (SSSR count). The molecule has 0 spiro atoms. The molecule has 4 heterocycles. The van der Waals surface area contributed by atoms with Gasteiger partial charge >= 0.3 is 5.97 Å². The molecule has 8 heteroatoms. The normalized spacial score (nSPS) is 20.1. The first kappa shape index (κ1) is 16.0. The van der Waals surface area contributed by atoms with Gasteiger partial charge in [-0.15, -0.1) is 0 Å². The number of fused-ring (bicyclic) bond motifs is 5. The van der Waals surface area contributed by atoms with E-state index in [1.54, 1.807) is 24.3 Å². The lowest BCUT2D eigenvalue weighted by Crippen LogP contribution is -2.47. The summed E-state index contributed by atoms with van der Waals surface area (Å²) < 4.78 is 6.41. The quantitative estimate of drug-likeness (QED) is 0.416. The minimum absolute atomic E-state index is 0.0568. The number of aliphatic hydroxyl groups excluding tert-OH is 1. The van der Waals surface area contributed by atoms with Crippen LogP contribution < -0.4 is 5.56 Å². The largest absolute Gasteiger partial charge is 0.508 e. The van der Waals surface area contributed by atoms with Crippen LogP contribution in [0.15, 0.2) is 35.1 Å². The molecule has 1 aromatic carbocycles. The number of aromatic nitrogens is 2. The Labute approximate surface area is 151 Å². The standard InChI is InChI=1S/C19H14N2O6/c22-8-19(26)13-5-16-11-4-9-3-10(23)1-2-14(9)20-15(11)6-21(16)17(24)12(13)7-27-18(19)25/h1-5,22-23,26H,6-8H2. The summed E-state index contributed by atoms with van der Waals surface area (Å²) in [6, 6.07) is 8.15. The Morgan fingerprint density at radius 3 is 2.81 bits per heavy atom. The van der Waals surface area contributed by atoms with Crippen molar-refractivity contribution in [3.63, 3.8) is 0 Å². The van der Waals surface area contributed by atoms with Crippen molar-refractivity contribution in [1.29, 1.82) is 0 Å². The Morgan fingerprint density at radius 1 is 1.22 bits per heavy atom. The number of hydrogen-bond donors (Lipinski definition) is 3. The van der Waals surface area contributed by atoms with Crippen molar-refractivity contribution in [2.75, 3.05) is 6.61 Å². The van der Waals surface area contributed by atoms with E-state index in [0.29, 0.717) is 27.9 Å². The van der Waals surface area contributed by atoms with E-state index in [1.807, 2.05) is 0 Å². The number of aliphatic hydroxyl groups is 2. The third kappa shape index (κ3) is 2.02. The van der Waals surface area contributed by atoms with Crippen molar-refractivity contribution < 1.29 is 24.9 Å². The lowest BCUT2D eigenvalue weighted by molar-refractivity contribution is -0.176. The fourth-order valence-corrected chi connectivity index (χ4v) is 3.79. The highest BCUT2D eigenvalue weighted by atomic mass is 16.6. The Kier molecular flexibility index (Phi) is 3.05. The van der Waals surface area contributed by atoms with Crippen molar-refractivity contribution in [1.82, 2.24) is 9.55 Å². The highest BCUT2D eigenvalue weighted by Gasteiger charge is 2.46. The number of hydrogen-bond acceptors (Lipinski definition) is 7. The Bertz CT molecular complexity index is 1220. The molecule has 3 aromatic rings. The van der Waals surface area contributed by atoms with Crippen LogP contribution in [0.1, 0.15) is 16.8 Å². The predicted octanol–water partition coefficient (Wildman–Crippen LogP) is 0.367. The van der Waals surface area contributed by atoms with Gasteiger partial charge in [-0.05, 0) is 30.3 Å². The maximum atomic E-state index is 12.9. The molecular formula is C19H14N2O6. The average Bonchev–Trinajstić information content (AvgIpc) is 3.01. The molecule has 2 aliphatic heterocycles. The van der Waals surface area contributed by atoms with Gasteiger partial charge in [0.15, 0.2) is 0 Å². The zero-order chi connectivity index (χ0) is 18.9. The molecule has 2 aliphatic rings. The summed E-state index contributed by atoms with van der Waals surface area (Å²) in [5.74, 6) is -0.885. The summed E-state index contributed by atoms with van der Waals surface area (Å²) in [4.78, 5) is 29.5. The van der Waals surface area contributed by atoms with Gasteiger partial charge in [-0.25, -0.2) is 4.79 Å². The van der Waals surface area contributed by atoms with Gasteiger partial charge in [0.1, 0.15) is 12.4 Å². The van der Waals surface area contributed by atoms with E-state index in [0.717, 1.165) is 0 Å². The number of rotatable bonds is 1. The number of aromatic hydroxyl groups is 1. The first-order chi connectivity index (χ1) is 12.9. The summed E-state index contributed by atoms with van der Waals surface area (Å²) in [6.45, 7) is -0.896. The predicted molar refractivity (Wildman–Crippen MR) is 93.0 cm³/mol. The van der Waals surface area contributed by atoms with E-state index in [9.17, 15) is 24.9 Å². The number of carbonyl (C=O) groups is 1. The van der Waals surface area contributed by atoms with Gasteiger partial charge in [0.2, 0.25) is 5.60 Å². The lowest BCUT2D eigenvalue weighted by Gasteiger charge is -2.31. The van der Waals surface area contributed by atoms with Gasteiger partial charge in [0.05, 0.1) is 35.6 Å². The topological polar surface area (TPSA) is 122 Å². The van der Waals surface area contributed by atoms with E-state index >= 15 is 0 Å². The van der Waals surface area contributed by atoms with Crippen LogP contribution >= 0.6 is 0 Å². The average molecular weight is 366 g/mol. The van der Waals surface area contributed by atoms with E-state index < -0.39 is 23.7 Å². The number of nitrogens with zero attached hydrogens (tertiary/aromatic N) is 2. The number of esters is 1. The van der Waals surface area contributed by atoms with Gasteiger partial charge in [-0.1, -0.05) is 0 Å². The number of carbonyl (C=O) groups excluding carboxylic acids is 1. The molecule has 2 aromatic heterocycles. The zero-order valence-electron chi connectivity index (χ0n) is 14.0. The molecule has 27 heavy (non-hydrogen) atoms. The third-order valence-corrected chi connectivity index (χ3v) is 5.22. The summed E-state index contributed by atoms with van der Waals surface area (Å²) >= 11 is 0. The molecule has 0 fully saturated rings. The number of ether oxygens (including phenoxy) is 1. The summed E-state index contributed by atoms with van der Waals surface area (Å²) in [5, 5.41) is 30.6. The fourth-order valence-electron chi connectivity index (χ4n) is 3.79. The molecule has 8 nitrogen and oxygen atoms in total. The van der Waals surface area contributed by atoms with Crippen LogP contribution in [0.4, 0.5) is 0 Å². The van der Waals surface area contributed by atoms with E-state index in [-0.39, 0.29) is 30.0 Å². The fraction of sp³-hybridized carbons (Fsp3) is 0.211. The van der Waals surface area contributed by atoms with Crippen LogP contribution in [-0.4, -0.2) is 37.4 Å². The second kappa shape index (κ2) is 5.15. The maximum absolute atomic E-state index is 12.9. The van der Waals surface area contributed by atoms with Crippen LogP contribution in [0.5, 0.6) is 5.75 Å². The number of phenolic OH excluding ortho intramolecular Hbond substituents is 1. The highest BCUT2D eigenvalue weighted by Crippen LogP contribution is 2.37. The molecular weight excluding hydrogens is 352 g/mol. The minimum atomic E-state index is -2.27. The van der Waals surface area contributed by atoms with Gasteiger partial charge < -0.3 is 24.6 Å². The van der Waals surface area contributed by atoms with Gasteiger partial charge in [-0.2, -0.15) is 0 Å². The van der Waals surface area contributed by atoms with E-state index in [1.165, 1.54) is 10.6 Å². The molecule has 1 atom stereocenters. The molecule has 0 amide bonds. The van der Waals surface area contributed by atoms with Crippen LogP contribution in [0.3, 0.4) is 0 Å². The summed E-state index contributed by atoms with van der Waals surface area (Å²) in [6.07, 6.45) is 0. The van der Waals surface area contributed by atoms with Gasteiger partial charge in [0, 0.05) is 16.5 Å². The lowest BCUT2D eigenvalue weighted by atomic mass is 9.88. The Balaban J connectivity index is 1.80. The second-order valence-corrected chi connectivity index (χ2v) is 6.77. The maximum Gasteiger partial charge on any atom is 0.345 e. The monoisotopic (exact) mass is 366 g/mol. The zero-order valence-corrected chi connectivity index (χ0v) is 14.0. The molecule has 0 bridgehead atoms. The highest BCUT2D eigenvalue weighted by molar-refractivity contribution is 5.88. The number of cyclic esters (lactones) is 1. The molecule has 136 valence electrons. The molecule has 0 radical (unpaired) electrons. The van der Waals surface area contributed by atoms with Crippen LogP contribution in [0.2, 0.25) is 0 Å². The molecule has 1 unspecified atom stereocenters.